The van der Waals surface area contributed by atoms with E-state index in [4.69, 9.17) is 5.73 Å². The van der Waals surface area contributed by atoms with E-state index in [0.29, 0.717) is 12.4 Å². The second-order valence-electron chi connectivity index (χ2n) is 4.29. The van der Waals surface area contributed by atoms with Crippen LogP contribution in [0.2, 0.25) is 0 Å². The lowest BCUT2D eigenvalue weighted by Crippen LogP contribution is -2.35. The predicted octanol–water partition coefficient (Wildman–Crippen LogP) is 1.15. The van der Waals surface area contributed by atoms with E-state index in [0.717, 1.165) is 15.1 Å². The van der Waals surface area contributed by atoms with Crippen LogP contribution in [0.15, 0.2) is 6.07 Å². The molecule has 2 aromatic heterocycles. The molecule has 3 N–H and O–H groups in total. The normalized spacial score (nSPS) is 10.7. The lowest BCUT2D eigenvalue weighted by atomic mass is 10.3. The minimum Gasteiger partial charge on any atom is -0.368 e. The molecule has 0 radical (unpaired) electrons. The Labute approximate surface area is 115 Å². The smallest absolute Gasteiger partial charge is 0.239 e. The first kappa shape index (κ1) is 13.5. The highest BCUT2D eigenvalue weighted by Crippen LogP contribution is 2.30. The van der Waals surface area contributed by atoms with Gasteiger partial charge in [-0.05, 0) is 19.9 Å². The van der Waals surface area contributed by atoms with Gasteiger partial charge in [0.15, 0.2) is 0 Å². The maximum atomic E-state index is 11.6. The molecular weight excluding hydrogens is 262 g/mol. The van der Waals surface area contributed by atoms with Crippen LogP contribution in [0.3, 0.4) is 0 Å². The molecule has 0 spiro atoms. The van der Waals surface area contributed by atoms with Crippen LogP contribution < -0.4 is 16.0 Å². The fraction of sp³-hybridized carbons (Fsp3) is 0.417. The molecule has 0 saturated heterocycles. The lowest BCUT2D eigenvalue weighted by Gasteiger charge is -2.18. The zero-order valence-corrected chi connectivity index (χ0v) is 12.0. The van der Waals surface area contributed by atoms with Gasteiger partial charge in [0.1, 0.15) is 10.6 Å². The predicted molar refractivity (Wildman–Crippen MR) is 78.5 cm³/mol. The third-order valence-electron chi connectivity index (χ3n) is 2.63. The summed E-state index contributed by atoms with van der Waals surface area (Å²) < 4.78 is 0. The number of aryl methyl sites for hydroxylation is 1. The molecule has 0 aromatic carbocycles. The molecule has 6 nitrogen and oxygen atoms in total. The van der Waals surface area contributed by atoms with E-state index < -0.39 is 0 Å². The van der Waals surface area contributed by atoms with E-state index in [9.17, 15) is 4.79 Å². The Hall–Kier alpha value is -1.89. The van der Waals surface area contributed by atoms with Crippen molar-refractivity contribution in [3.63, 3.8) is 0 Å². The average molecular weight is 279 g/mol. The van der Waals surface area contributed by atoms with Gasteiger partial charge in [0.2, 0.25) is 11.9 Å². The Bertz CT molecular complexity index is 609. The van der Waals surface area contributed by atoms with E-state index in [1.54, 1.807) is 16.2 Å². The van der Waals surface area contributed by atoms with Crippen molar-refractivity contribution in [2.24, 2.45) is 0 Å². The van der Waals surface area contributed by atoms with Gasteiger partial charge in [-0.25, -0.2) is 4.98 Å². The van der Waals surface area contributed by atoms with E-state index in [-0.39, 0.29) is 18.4 Å². The number of nitrogens with two attached hydrogens (primary N) is 1. The van der Waals surface area contributed by atoms with Crippen molar-refractivity contribution in [2.45, 2.75) is 13.8 Å². The topological polar surface area (TPSA) is 84.1 Å². The first-order chi connectivity index (χ1) is 9.01. The molecule has 0 bridgehead atoms. The number of thiophene rings is 1. The maximum Gasteiger partial charge on any atom is 0.239 e. The number of carbonyl (C=O) groups is 1. The van der Waals surface area contributed by atoms with Crippen LogP contribution in [0.4, 0.5) is 11.8 Å². The van der Waals surface area contributed by atoms with Gasteiger partial charge < -0.3 is 16.0 Å². The van der Waals surface area contributed by atoms with E-state index in [2.05, 4.69) is 15.3 Å². The molecule has 0 fully saturated rings. The van der Waals surface area contributed by atoms with Gasteiger partial charge in [-0.1, -0.05) is 0 Å². The third-order valence-corrected chi connectivity index (χ3v) is 3.57. The van der Waals surface area contributed by atoms with E-state index in [1.165, 1.54) is 0 Å². The van der Waals surface area contributed by atoms with Gasteiger partial charge in [0.25, 0.3) is 0 Å². The van der Waals surface area contributed by atoms with Crippen LogP contribution in [0, 0.1) is 6.92 Å². The monoisotopic (exact) mass is 279 g/mol. The summed E-state index contributed by atoms with van der Waals surface area (Å²) in [5.41, 5.74) is 5.72. The van der Waals surface area contributed by atoms with Gasteiger partial charge in [-0.3, -0.25) is 4.79 Å². The van der Waals surface area contributed by atoms with Crippen LogP contribution >= 0.6 is 11.3 Å². The molecule has 2 rings (SSSR count). The summed E-state index contributed by atoms with van der Waals surface area (Å²) in [7, 11) is 1.82. The van der Waals surface area contributed by atoms with Gasteiger partial charge >= 0.3 is 0 Å². The third kappa shape index (κ3) is 2.93. The first-order valence-corrected chi connectivity index (χ1v) is 6.84. The fourth-order valence-corrected chi connectivity index (χ4v) is 2.76. The second kappa shape index (κ2) is 5.40. The van der Waals surface area contributed by atoms with Crippen molar-refractivity contribution < 1.29 is 4.79 Å². The average Bonchev–Trinajstić information content (AvgIpc) is 2.68. The van der Waals surface area contributed by atoms with E-state index in [1.807, 2.05) is 27.0 Å². The second-order valence-corrected chi connectivity index (χ2v) is 5.53. The standard InChI is InChI=1S/C12H17N5OS/c1-4-14-9(18)6-17(3)10-8-5-7(2)19-11(8)16-12(13)15-10/h5H,4,6H2,1-3H3,(H,14,18)(H2,13,15,16). The largest absolute Gasteiger partial charge is 0.368 e. The maximum absolute atomic E-state index is 11.6. The summed E-state index contributed by atoms with van der Waals surface area (Å²) in [6.45, 7) is 4.76. The molecule has 0 aliphatic rings. The highest BCUT2D eigenvalue weighted by Gasteiger charge is 2.15. The molecule has 7 heteroatoms. The van der Waals surface area contributed by atoms with Crippen molar-refractivity contribution in [1.82, 2.24) is 15.3 Å². The minimum absolute atomic E-state index is 0.0396. The fourth-order valence-electron chi connectivity index (χ4n) is 1.88. The van der Waals surface area contributed by atoms with Gasteiger partial charge in [0, 0.05) is 18.5 Å². The molecule has 0 saturated carbocycles. The van der Waals surface area contributed by atoms with Crippen molar-refractivity contribution in [3.8, 4) is 0 Å². The van der Waals surface area contributed by atoms with Crippen LogP contribution in [0.5, 0.6) is 0 Å². The van der Waals surface area contributed by atoms with Crippen molar-refractivity contribution >= 4 is 39.2 Å². The number of rotatable bonds is 4. The number of hydrogen-bond acceptors (Lipinski definition) is 6. The van der Waals surface area contributed by atoms with Crippen molar-refractivity contribution in [3.05, 3.63) is 10.9 Å². The molecule has 102 valence electrons. The van der Waals surface area contributed by atoms with Gasteiger partial charge in [0.05, 0.1) is 11.9 Å². The first-order valence-electron chi connectivity index (χ1n) is 6.02. The number of aromatic nitrogens is 2. The Morgan fingerprint density at radius 3 is 2.95 bits per heavy atom. The Balaban J connectivity index is 2.35. The number of likely N-dealkylation sites (N-methyl/N-ethyl adjacent to an activating group) is 2. The zero-order chi connectivity index (χ0) is 14.0. The highest BCUT2D eigenvalue weighted by atomic mass is 32.1. The summed E-state index contributed by atoms with van der Waals surface area (Å²) in [6, 6.07) is 2.02. The van der Waals surface area contributed by atoms with E-state index >= 15 is 0 Å². The SMILES string of the molecule is CCNC(=O)CN(C)c1nc(N)nc2sc(C)cc12. The van der Waals surface area contributed by atoms with Crippen molar-refractivity contribution in [2.75, 3.05) is 30.8 Å². The molecule has 2 aromatic rings. The summed E-state index contributed by atoms with van der Waals surface area (Å²) in [5.74, 6) is 0.882. The van der Waals surface area contributed by atoms with Crippen LogP contribution in [-0.2, 0) is 4.79 Å². The lowest BCUT2D eigenvalue weighted by molar-refractivity contribution is -0.119. The highest BCUT2D eigenvalue weighted by molar-refractivity contribution is 7.18. The minimum atomic E-state index is -0.0396. The molecule has 2 heterocycles. The zero-order valence-electron chi connectivity index (χ0n) is 11.2. The van der Waals surface area contributed by atoms with Crippen LogP contribution in [-0.4, -0.2) is 36.0 Å². The number of carbonyl (C=O) groups excluding carboxylic acids is 1. The number of hydrogen-bond donors (Lipinski definition) is 2. The summed E-state index contributed by atoms with van der Waals surface area (Å²) in [5, 5.41) is 3.70. The summed E-state index contributed by atoms with van der Waals surface area (Å²) in [6.07, 6.45) is 0. The number of anilines is 2. The summed E-state index contributed by atoms with van der Waals surface area (Å²) in [4.78, 5) is 23.9. The van der Waals surface area contributed by atoms with Gasteiger partial charge in [-0.2, -0.15) is 4.98 Å². The molecule has 1 amide bonds. The molecule has 0 aliphatic heterocycles. The number of amides is 1. The molecule has 19 heavy (non-hydrogen) atoms. The Kier molecular flexibility index (Phi) is 3.84. The number of nitrogen functional groups attached to an aromatic ring is 1. The molecule has 0 unspecified atom stereocenters. The van der Waals surface area contributed by atoms with Crippen molar-refractivity contribution in [1.29, 1.82) is 0 Å². The number of nitrogens with zero attached hydrogens (tertiary/aromatic N) is 3. The Morgan fingerprint density at radius 1 is 1.53 bits per heavy atom. The van der Waals surface area contributed by atoms with Gasteiger partial charge in [-0.15, -0.1) is 11.3 Å². The molecule has 0 atom stereocenters. The van der Waals surface area contributed by atoms with Crippen LogP contribution in [0.1, 0.15) is 11.8 Å². The molecular formula is C12H17N5OS. The quantitative estimate of drug-likeness (QED) is 0.877. The number of fused-ring (bicyclic) bond motifs is 1. The summed E-state index contributed by atoms with van der Waals surface area (Å²) >= 11 is 1.57. The Morgan fingerprint density at radius 2 is 2.26 bits per heavy atom. The molecule has 0 aliphatic carbocycles. The van der Waals surface area contributed by atoms with Crippen LogP contribution in [0.25, 0.3) is 10.2 Å². The number of nitrogens with one attached hydrogen (secondary N) is 1.